The Hall–Kier alpha value is -1.31. The molecule has 0 aromatic heterocycles. The summed E-state index contributed by atoms with van der Waals surface area (Å²) in [5.41, 5.74) is -0.859. The van der Waals surface area contributed by atoms with Crippen molar-refractivity contribution in [2.24, 2.45) is 17.3 Å². The third kappa shape index (κ3) is 3.37. The molecule has 0 radical (unpaired) electrons. The molecule has 5 nitrogen and oxygen atoms in total. The summed E-state index contributed by atoms with van der Waals surface area (Å²) in [4.78, 5) is 23.3. The normalized spacial score (nSPS) is 24.9. The number of hydrogen-bond acceptors (Lipinski definition) is 3. The molecule has 0 spiro atoms. The quantitative estimate of drug-likeness (QED) is 0.779. The number of aliphatic carboxylic acids is 1. The van der Waals surface area contributed by atoms with Gasteiger partial charge in [0.2, 0.25) is 5.91 Å². The zero-order chi connectivity index (χ0) is 15.0. The van der Waals surface area contributed by atoms with Gasteiger partial charge in [-0.1, -0.05) is 13.8 Å². The number of amides is 1. The average molecular weight is 283 g/mol. The summed E-state index contributed by atoms with van der Waals surface area (Å²) in [5, 5.41) is 17.6. The van der Waals surface area contributed by atoms with Crippen LogP contribution in [-0.2, 0) is 9.59 Å². The first kappa shape index (κ1) is 15.7. The number of carboxylic acids is 1. The third-order valence-electron chi connectivity index (χ3n) is 3.41. The first-order chi connectivity index (χ1) is 8.52. The average Bonchev–Trinajstić information content (AvgIpc) is 2.78. The highest BCUT2D eigenvalue weighted by Gasteiger charge is 2.66. The first-order valence-corrected chi connectivity index (χ1v) is 5.71. The van der Waals surface area contributed by atoms with Gasteiger partial charge in [-0.25, -0.2) is 0 Å². The number of halogens is 3. The molecule has 1 rings (SSSR count). The molecule has 0 aromatic carbocycles. The lowest BCUT2D eigenvalue weighted by Gasteiger charge is -2.23. The molecule has 0 heterocycles. The van der Waals surface area contributed by atoms with Crippen molar-refractivity contribution in [3.63, 3.8) is 0 Å². The molecule has 8 heteroatoms. The van der Waals surface area contributed by atoms with Crippen LogP contribution in [0.1, 0.15) is 13.8 Å². The summed E-state index contributed by atoms with van der Waals surface area (Å²) in [7, 11) is 0. The molecular weight excluding hydrogens is 267 g/mol. The Balaban J connectivity index is 2.82. The summed E-state index contributed by atoms with van der Waals surface area (Å²) in [6.45, 7) is 0.507. The van der Waals surface area contributed by atoms with Crippen LogP contribution in [0.15, 0.2) is 0 Å². The van der Waals surface area contributed by atoms with Gasteiger partial charge in [0, 0.05) is 6.54 Å². The number of carboxylic acid groups (broad SMARTS) is 1. The lowest BCUT2D eigenvalue weighted by molar-refractivity contribution is -0.163. The predicted octanol–water partition coefficient (Wildman–Crippen LogP) is 0.726. The molecule has 0 aliphatic heterocycles. The van der Waals surface area contributed by atoms with Crippen LogP contribution in [0.25, 0.3) is 0 Å². The van der Waals surface area contributed by atoms with Crippen LogP contribution in [0.4, 0.5) is 13.2 Å². The van der Waals surface area contributed by atoms with Crippen molar-refractivity contribution in [1.29, 1.82) is 0 Å². The van der Waals surface area contributed by atoms with Gasteiger partial charge in [-0.05, 0) is 5.41 Å². The SMILES string of the molecule is CC1(C)[C@H](C(=O)O)[C@@H]1C(=O)N(CCO)CC(F)(F)F. The molecule has 0 aromatic rings. The molecule has 1 saturated carbocycles. The van der Waals surface area contributed by atoms with E-state index >= 15 is 0 Å². The summed E-state index contributed by atoms with van der Waals surface area (Å²) in [5.74, 6) is -4.02. The van der Waals surface area contributed by atoms with E-state index in [4.69, 9.17) is 10.2 Å². The molecule has 0 saturated heterocycles. The van der Waals surface area contributed by atoms with Crippen molar-refractivity contribution in [1.82, 2.24) is 4.90 Å². The van der Waals surface area contributed by atoms with Gasteiger partial charge >= 0.3 is 12.1 Å². The monoisotopic (exact) mass is 283 g/mol. The molecule has 0 bridgehead atoms. The van der Waals surface area contributed by atoms with E-state index in [1.54, 1.807) is 0 Å². The fourth-order valence-electron chi connectivity index (χ4n) is 2.36. The molecule has 2 atom stereocenters. The summed E-state index contributed by atoms with van der Waals surface area (Å²) in [6, 6.07) is 0. The number of carbonyl (C=O) groups is 2. The van der Waals surface area contributed by atoms with Gasteiger partial charge in [-0.2, -0.15) is 13.2 Å². The highest BCUT2D eigenvalue weighted by molar-refractivity contribution is 5.91. The Kier molecular flexibility index (Phi) is 4.14. The maximum atomic E-state index is 12.3. The fraction of sp³-hybridized carbons (Fsp3) is 0.818. The number of aliphatic hydroxyl groups is 1. The minimum absolute atomic E-state index is 0.461. The van der Waals surface area contributed by atoms with E-state index in [0.717, 1.165) is 0 Å². The van der Waals surface area contributed by atoms with Crippen molar-refractivity contribution < 1.29 is 33.0 Å². The second kappa shape index (κ2) is 4.99. The third-order valence-corrected chi connectivity index (χ3v) is 3.41. The van der Waals surface area contributed by atoms with E-state index in [1.165, 1.54) is 13.8 Å². The summed E-state index contributed by atoms with van der Waals surface area (Å²) >= 11 is 0. The Morgan fingerprint density at radius 1 is 1.26 bits per heavy atom. The zero-order valence-electron chi connectivity index (χ0n) is 10.6. The zero-order valence-corrected chi connectivity index (χ0v) is 10.6. The van der Waals surface area contributed by atoms with E-state index in [1.807, 2.05) is 0 Å². The second-order valence-electron chi connectivity index (χ2n) is 5.21. The molecule has 1 amide bonds. The highest BCUT2D eigenvalue weighted by atomic mass is 19.4. The minimum Gasteiger partial charge on any atom is -0.481 e. The molecule has 0 unspecified atom stereocenters. The van der Waals surface area contributed by atoms with Crippen molar-refractivity contribution in [3.05, 3.63) is 0 Å². The van der Waals surface area contributed by atoms with E-state index in [-0.39, 0.29) is 0 Å². The standard InChI is InChI=1S/C11H16F3NO4/c1-10(2)6(7(10)9(18)19)8(17)15(3-4-16)5-11(12,13)14/h6-7,16H,3-5H2,1-2H3,(H,18,19)/t6-,7+/m1/s1. The topological polar surface area (TPSA) is 77.8 Å². The van der Waals surface area contributed by atoms with E-state index < -0.39 is 55.0 Å². The molecular formula is C11H16F3NO4. The minimum atomic E-state index is -4.58. The number of aliphatic hydroxyl groups excluding tert-OH is 1. The van der Waals surface area contributed by atoms with Crippen molar-refractivity contribution in [3.8, 4) is 0 Å². The molecule has 1 aliphatic rings. The largest absolute Gasteiger partial charge is 0.481 e. The van der Waals surface area contributed by atoms with Gasteiger partial charge in [0.05, 0.1) is 18.4 Å². The van der Waals surface area contributed by atoms with E-state index in [2.05, 4.69) is 0 Å². The lowest BCUT2D eigenvalue weighted by atomic mass is 10.1. The van der Waals surface area contributed by atoms with Gasteiger partial charge in [0.15, 0.2) is 0 Å². The summed E-state index contributed by atoms with van der Waals surface area (Å²) in [6.07, 6.45) is -4.58. The number of rotatable bonds is 5. The van der Waals surface area contributed by atoms with Crippen LogP contribution >= 0.6 is 0 Å². The second-order valence-corrected chi connectivity index (χ2v) is 5.21. The van der Waals surface area contributed by atoms with Gasteiger partial charge in [-0.15, -0.1) is 0 Å². The van der Waals surface area contributed by atoms with Crippen LogP contribution in [0.2, 0.25) is 0 Å². The van der Waals surface area contributed by atoms with Gasteiger partial charge in [0.25, 0.3) is 0 Å². The number of alkyl halides is 3. The predicted molar refractivity (Wildman–Crippen MR) is 58.1 cm³/mol. The molecule has 2 N–H and O–H groups in total. The van der Waals surface area contributed by atoms with Crippen molar-refractivity contribution >= 4 is 11.9 Å². The van der Waals surface area contributed by atoms with Gasteiger partial charge < -0.3 is 15.1 Å². The fourth-order valence-corrected chi connectivity index (χ4v) is 2.36. The Bertz CT molecular complexity index is 381. The van der Waals surface area contributed by atoms with Crippen LogP contribution < -0.4 is 0 Å². The molecule has 1 fully saturated rings. The molecule has 110 valence electrons. The van der Waals surface area contributed by atoms with Crippen LogP contribution in [0.5, 0.6) is 0 Å². The van der Waals surface area contributed by atoms with Crippen molar-refractivity contribution in [2.75, 3.05) is 19.7 Å². The number of hydrogen-bond donors (Lipinski definition) is 2. The number of carbonyl (C=O) groups excluding carboxylic acids is 1. The Morgan fingerprint density at radius 2 is 1.79 bits per heavy atom. The van der Waals surface area contributed by atoms with Gasteiger partial charge in [-0.3, -0.25) is 9.59 Å². The molecule has 19 heavy (non-hydrogen) atoms. The maximum Gasteiger partial charge on any atom is 0.406 e. The van der Waals surface area contributed by atoms with Gasteiger partial charge in [0.1, 0.15) is 6.54 Å². The smallest absolute Gasteiger partial charge is 0.406 e. The van der Waals surface area contributed by atoms with E-state index in [9.17, 15) is 22.8 Å². The Morgan fingerprint density at radius 3 is 2.11 bits per heavy atom. The van der Waals surface area contributed by atoms with Crippen LogP contribution in [-0.4, -0.2) is 52.9 Å². The maximum absolute atomic E-state index is 12.3. The van der Waals surface area contributed by atoms with Crippen LogP contribution in [0, 0.1) is 17.3 Å². The van der Waals surface area contributed by atoms with Crippen molar-refractivity contribution in [2.45, 2.75) is 20.0 Å². The Labute approximate surface area is 108 Å². The highest BCUT2D eigenvalue weighted by Crippen LogP contribution is 2.59. The molecule has 1 aliphatic carbocycles. The van der Waals surface area contributed by atoms with Crippen LogP contribution in [0.3, 0.4) is 0 Å². The number of nitrogens with zero attached hydrogens (tertiary/aromatic N) is 1. The lowest BCUT2D eigenvalue weighted by Crippen LogP contribution is -2.42. The summed E-state index contributed by atoms with van der Waals surface area (Å²) < 4.78 is 37.0. The first-order valence-electron chi connectivity index (χ1n) is 5.71. The van der Waals surface area contributed by atoms with E-state index in [0.29, 0.717) is 4.90 Å².